The number of benzene rings is 2. The van der Waals surface area contributed by atoms with Gasteiger partial charge < -0.3 is 9.47 Å². The van der Waals surface area contributed by atoms with E-state index in [1.807, 2.05) is 36.4 Å². The van der Waals surface area contributed by atoms with Crippen LogP contribution in [0.15, 0.2) is 97.3 Å². The summed E-state index contributed by atoms with van der Waals surface area (Å²) >= 11 is 3.32. The van der Waals surface area contributed by atoms with Crippen molar-refractivity contribution >= 4 is 47.7 Å². The van der Waals surface area contributed by atoms with Crippen LogP contribution in [0.4, 0.5) is 0 Å². The lowest BCUT2D eigenvalue weighted by Gasteiger charge is -2.19. The summed E-state index contributed by atoms with van der Waals surface area (Å²) in [4.78, 5) is 30.6. The van der Waals surface area contributed by atoms with Crippen molar-refractivity contribution in [2.24, 2.45) is 0 Å². The molecule has 11 nitrogen and oxygen atoms in total. The molecule has 0 bridgehead atoms. The average molecular weight is 749 g/mol. The number of aryl methyl sites for hydroxylation is 1. The summed E-state index contributed by atoms with van der Waals surface area (Å²) in [7, 11) is -3.56. The Morgan fingerprint density at radius 1 is 0.681 bits per heavy atom. The maximum absolute atomic E-state index is 12.0. The highest BCUT2D eigenvalue weighted by Crippen LogP contribution is 2.14. The Labute approximate surface area is 285 Å². The molecule has 0 radical (unpaired) electrons. The molecule has 14 heteroatoms. The van der Waals surface area contributed by atoms with E-state index in [4.69, 9.17) is 0 Å². The van der Waals surface area contributed by atoms with Gasteiger partial charge in [0.1, 0.15) is 9.84 Å². The summed E-state index contributed by atoms with van der Waals surface area (Å²) in [5, 5.41) is 0.800. The summed E-state index contributed by atoms with van der Waals surface area (Å²) < 4.78 is 56.1. The van der Waals surface area contributed by atoms with Gasteiger partial charge in [-0.25, -0.2) is 26.4 Å². The third kappa shape index (κ3) is 15.4. The molecule has 0 saturated carbocycles. The third-order valence-corrected chi connectivity index (χ3v) is 9.04. The molecule has 0 fully saturated rings. The van der Waals surface area contributed by atoms with Crippen molar-refractivity contribution in [2.75, 3.05) is 32.5 Å². The van der Waals surface area contributed by atoms with E-state index >= 15 is 0 Å². The fourth-order valence-corrected chi connectivity index (χ4v) is 5.42. The van der Waals surface area contributed by atoms with E-state index in [1.54, 1.807) is 60.9 Å². The zero-order valence-electron chi connectivity index (χ0n) is 26.6. The Morgan fingerprint density at radius 2 is 1.15 bits per heavy atom. The number of alkyl halides is 1. The quantitative estimate of drug-likeness (QED) is 0.154. The molecule has 0 atom stereocenters. The first-order valence-electron chi connectivity index (χ1n) is 14.1. The lowest BCUT2D eigenvalue weighted by Crippen LogP contribution is -2.29. The average Bonchev–Trinajstić information content (AvgIpc) is 3.07. The fourth-order valence-electron chi connectivity index (χ4n) is 3.71. The molecule has 0 aliphatic heterocycles. The second-order valence-electron chi connectivity index (χ2n) is 10.1. The maximum Gasteiger partial charge on any atom is 0.337 e. The van der Waals surface area contributed by atoms with Gasteiger partial charge in [0, 0.05) is 42.6 Å². The SMILES string of the molecule is COC(=O)c1ccc(CBr)cc1.COC(=O)c1ccc(CN(Cc2ccccn2)S(C)(=O)=O)cc1.CS(=O)(=O)CCc1ccccn1. The molecule has 0 unspecified atom stereocenters. The third-order valence-electron chi connectivity index (χ3n) is 6.25. The molecule has 0 saturated heterocycles. The summed E-state index contributed by atoms with van der Waals surface area (Å²) in [6.07, 6.45) is 6.19. The van der Waals surface area contributed by atoms with Crippen molar-refractivity contribution in [1.82, 2.24) is 14.3 Å². The lowest BCUT2D eigenvalue weighted by molar-refractivity contribution is 0.0592. The van der Waals surface area contributed by atoms with E-state index in [1.165, 1.54) is 31.0 Å². The monoisotopic (exact) mass is 747 g/mol. The lowest BCUT2D eigenvalue weighted by atomic mass is 10.1. The minimum Gasteiger partial charge on any atom is -0.465 e. The largest absolute Gasteiger partial charge is 0.465 e. The molecule has 0 aliphatic rings. The van der Waals surface area contributed by atoms with Crippen LogP contribution in [0.25, 0.3) is 0 Å². The molecular formula is C33H38BrN3O8S2. The van der Waals surface area contributed by atoms with Crippen molar-refractivity contribution in [3.05, 3.63) is 131 Å². The Bertz CT molecular complexity index is 1760. The number of nitrogens with zero attached hydrogens (tertiary/aromatic N) is 3. The summed E-state index contributed by atoms with van der Waals surface area (Å²) in [6, 6.07) is 24.8. The van der Waals surface area contributed by atoms with Gasteiger partial charge in [-0.05, 0) is 59.7 Å². The molecule has 47 heavy (non-hydrogen) atoms. The molecule has 2 aromatic heterocycles. The number of methoxy groups -OCH3 is 2. The van der Waals surface area contributed by atoms with Crippen LogP contribution in [0, 0.1) is 0 Å². The molecule has 2 aromatic carbocycles. The van der Waals surface area contributed by atoms with Crippen LogP contribution in [0.3, 0.4) is 0 Å². The summed E-state index contributed by atoms with van der Waals surface area (Å²) in [5.74, 6) is -0.551. The smallest absolute Gasteiger partial charge is 0.337 e. The van der Waals surface area contributed by atoms with Crippen LogP contribution in [0.2, 0.25) is 0 Å². The van der Waals surface area contributed by atoms with Crippen LogP contribution < -0.4 is 0 Å². The molecule has 0 spiro atoms. The van der Waals surface area contributed by atoms with Crippen LogP contribution >= 0.6 is 15.9 Å². The zero-order valence-corrected chi connectivity index (χ0v) is 29.8. The Kier molecular flexibility index (Phi) is 16.4. The first-order valence-corrected chi connectivity index (χ1v) is 19.1. The molecule has 4 rings (SSSR count). The van der Waals surface area contributed by atoms with Gasteiger partial charge in [0.2, 0.25) is 10.0 Å². The number of esters is 2. The van der Waals surface area contributed by atoms with Crippen molar-refractivity contribution in [2.45, 2.75) is 24.8 Å². The highest BCUT2D eigenvalue weighted by atomic mass is 79.9. The van der Waals surface area contributed by atoms with Crippen molar-refractivity contribution in [3.63, 3.8) is 0 Å². The second kappa shape index (κ2) is 19.6. The topological polar surface area (TPSA) is 150 Å². The molecule has 4 aromatic rings. The number of sulfone groups is 1. The Morgan fingerprint density at radius 3 is 1.53 bits per heavy atom. The Hall–Kier alpha value is -3.98. The Balaban J connectivity index is 0.000000270. The number of carbonyl (C=O) groups is 2. The predicted octanol–water partition coefficient (Wildman–Crippen LogP) is 4.87. The van der Waals surface area contributed by atoms with Gasteiger partial charge in [0.25, 0.3) is 0 Å². The second-order valence-corrected chi connectivity index (χ2v) is 14.9. The standard InChI is InChI=1S/C16H18N2O4S.C9H9BrO2.C8H11NO2S/c1-22-16(19)14-8-6-13(7-9-14)11-18(23(2,20)21)12-15-5-3-4-10-17-15;1-12-9(11)8-4-2-7(6-10)3-5-8;1-12(10,11)7-5-8-4-2-3-6-9-8/h3-10H,11-12H2,1-2H3;2-5H,6H2,1H3;2-4,6H,5,7H2,1H3. The van der Waals surface area contributed by atoms with E-state index in [9.17, 15) is 26.4 Å². The fraction of sp³-hybridized carbons (Fsp3) is 0.273. The summed E-state index contributed by atoms with van der Waals surface area (Å²) in [5.41, 5.74) is 4.42. The van der Waals surface area contributed by atoms with E-state index in [0.29, 0.717) is 23.2 Å². The van der Waals surface area contributed by atoms with Crippen LogP contribution in [-0.4, -0.2) is 75.5 Å². The first-order chi connectivity index (χ1) is 22.2. The van der Waals surface area contributed by atoms with Gasteiger partial charge in [-0.15, -0.1) is 0 Å². The van der Waals surface area contributed by atoms with Gasteiger partial charge in [0.15, 0.2) is 0 Å². The number of sulfonamides is 1. The van der Waals surface area contributed by atoms with Crippen LogP contribution in [0.5, 0.6) is 0 Å². The normalized spacial score (nSPS) is 10.9. The number of aromatic nitrogens is 2. The van der Waals surface area contributed by atoms with E-state index in [2.05, 4.69) is 35.4 Å². The molecular weight excluding hydrogens is 710 g/mol. The van der Waals surface area contributed by atoms with Crippen molar-refractivity contribution in [1.29, 1.82) is 0 Å². The van der Waals surface area contributed by atoms with Gasteiger partial charge in [-0.2, -0.15) is 4.31 Å². The van der Waals surface area contributed by atoms with Crippen LogP contribution in [0.1, 0.15) is 43.2 Å². The minimum atomic E-state index is -3.39. The summed E-state index contributed by atoms with van der Waals surface area (Å²) in [6.45, 7) is 0.398. The first kappa shape index (κ1) is 39.2. The van der Waals surface area contributed by atoms with Crippen molar-refractivity contribution < 1.29 is 35.9 Å². The number of hydrogen-bond acceptors (Lipinski definition) is 10. The number of carbonyl (C=O) groups excluding carboxylic acids is 2. The highest BCUT2D eigenvalue weighted by molar-refractivity contribution is 9.08. The van der Waals surface area contributed by atoms with Crippen molar-refractivity contribution in [3.8, 4) is 0 Å². The van der Waals surface area contributed by atoms with Gasteiger partial charge >= 0.3 is 11.9 Å². The van der Waals surface area contributed by atoms with Gasteiger partial charge in [0.05, 0.1) is 49.6 Å². The number of halogens is 1. The predicted molar refractivity (Wildman–Crippen MR) is 184 cm³/mol. The number of ether oxygens (including phenoxy) is 2. The van der Waals surface area contributed by atoms with E-state index in [0.717, 1.165) is 22.2 Å². The molecule has 2 heterocycles. The highest BCUT2D eigenvalue weighted by Gasteiger charge is 2.18. The molecule has 252 valence electrons. The maximum atomic E-state index is 12.0. The number of hydrogen-bond donors (Lipinski definition) is 0. The molecule has 0 aliphatic carbocycles. The number of pyridine rings is 2. The molecule has 0 N–H and O–H groups in total. The molecule has 0 amide bonds. The zero-order chi connectivity index (χ0) is 34.9. The van der Waals surface area contributed by atoms with Crippen LogP contribution in [-0.2, 0) is 54.2 Å². The van der Waals surface area contributed by atoms with Gasteiger partial charge in [-0.3, -0.25) is 9.97 Å². The van der Waals surface area contributed by atoms with E-state index in [-0.39, 0.29) is 24.8 Å². The van der Waals surface area contributed by atoms with E-state index < -0.39 is 25.8 Å². The number of rotatable bonds is 11. The van der Waals surface area contributed by atoms with Gasteiger partial charge in [-0.1, -0.05) is 52.3 Å². The minimum absolute atomic E-state index is 0.171.